The van der Waals surface area contributed by atoms with E-state index in [2.05, 4.69) is 5.32 Å². The molecule has 0 atom stereocenters. The highest BCUT2D eigenvalue weighted by Gasteiger charge is 2.12. The monoisotopic (exact) mass is 299 g/mol. The molecule has 0 aliphatic rings. The first kappa shape index (κ1) is 15.6. The summed E-state index contributed by atoms with van der Waals surface area (Å²) < 4.78 is 5.30. The summed E-state index contributed by atoms with van der Waals surface area (Å²) in [5.41, 5.74) is 2.82. The molecule has 0 aliphatic heterocycles. The third-order valence-corrected chi connectivity index (χ3v) is 2.98. The number of amides is 1. The first-order valence-electron chi connectivity index (χ1n) is 6.79. The number of carboxylic acid groups (broad SMARTS) is 1. The molecule has 22 heavy (non-hydrogen) atoms. The van der Waals surface area contributed by atoms with Crippen molar-refractivity contribution in [1.29, 1.82) is 0 Å². The van der Waals surface area contributed by atoms with E-state index in [-0.39, 0.29) is 23.8 Å². The van der Waals surface area contributed by atoms with Crippen molar-refractivity contribution in [3.63, 3.8) is 0 Å². The molecule has 0 radical (unpaired) electrons. The van der Waals surface area contributed by atoms with Crippen LogP contribution in [0.1, 0.15) is 21.5 Å². The largest absolute Gasteiger partial charge is 0.483 e. The van der Waals surface area contributed by atoms with Crippen LogP contribution in [-0.4, -0.2) is 23.6 Å². The normalized spacial score (nSPS) is 10.1. The minimum Gasteiger partial charge on any atom is -0.483 e. The fourth-order valence-electron chi connectivity index (χ4n) is 2.16. The van der Waals surface area contributed by atoms with Gasteiger partial charge in [-0.2, -0.15) is 0 Å². The fourth-order valence-corrected chi connectivity index (χ4v) is 2.16. The Morgan fingerprint density at radius 2 is 1.73 bits per heavy atom. The summed E-state index contributed by atoms with van der Waals surface area (Å²) in [6, 6.07) is 11.9. The molecule has 0 spiro atoms. The van der Waals surface area contributed by atoms with Crippen molar-refractivity contribution >= 4 is 17.6 Å². The Morgan fingerprint density at radius 1 is 1.09 bits per heavy atom. The Kier molecular flexibility index (Phi) is 4.78. The number of aryl methyl sites for hydroxylation is 2. The first-order chi connectivity index (χ1) is 10.5. The molecule has 0 aromatic heterocycles. The number of rotatable bonds is 5. The number of carbonyl (C=O) groups is 2. The van der Waals surface area contributed by atoms with Crippen molar-refractivity contribution in [3.8, 4) is 5.75 Å². The van der Waals surface area contributed by atoms with Crippen molar-refractivity contribution in [2.24, 2.45) is 0 Å². The summed E-state index contributed by atoms with van der Waals surface area (Å²) in [7, 11) is 0. The third kappa shape index (κ3) is 4.09. The van der Waals surface area contributed by atoms with Crippen molar-refractivity contribution in [2.45, 2.75) is 13.8 Å². The number of nitrogens with one attached hydrogen (secondary N) is 1. The molecule has 0 bridgehead atoms. The Balaban J connectivity index is 2.00. The van der Waals surface area contributed by atoms with Gasteiger partial charge in [0.2, 0.25) is 0 Å². The number of anilines is 1. The summed E-state index contributed by atoms with van der Waals surface area (Å²) in [5, 5.41) is 11.8. The van der Waals surface area contributed by atoms with E-state index in [4.69, 9.17) is 9.84 Å². The second-order valence-corrected chi connectivity index (χ2v) is 5.01. The Morgan fingerprint density at radius 3 is 2.36 bits per heavy atom. The van der Waals surface area contributed by atoms with Gasteiger partial charge in [-0.05, 0) is 49.2 Å². The maximum Gasteiger partial charge on any atom is 0.339 e. The van der Waals surface area contributed by atoms with Crippen LogP contribution in [-0.2, 0) is 4.79 Å². The second-order valence-electron chi connectivity index (χ2n) is 5.01. The van der Waals surface area contributed by atoms with Crippen molar-refractivity contribution in [2.75, 3.05) is 11.9 Å². The van der Waals surface area contributed by atoms with Gasteiger partial charge in [0.1, 0.15) is 11.3 Å². The van der Waals surface area contributed by atoms with Gasteiger partial charge in [0.05, 0.1) is 0 Å². The zero-order valence-corrected chi connectivity index (χ0v) is 12.4. The average Bonchev–Trinajstić information content (AvgIpc) is 2.44. The van der Waals surface area contributed by atoms with Gasteiger partial charge in [-0.3, -0.25) is 4.79 Å². The fraction of sp³-hybridized carbons (Fsp3) is 0.176. The second kappa shape index (κ2) is 6.76. The molecule has 0 saturated heterocycles. The van der Waals surface area contributed by atoms with E-state index in [1.807, 2.05) is 32.0 Å². The van der Waals surface area contributed by atoms with Gasteiger partial charge in [0, 0.05) is 5.69 Å². The third-order valence-electron chi connectivity index (χ3n) is 2.98. The van der Waals surface area contributed by atoms with Crippen LogP contribution >= 0.6 is 0 Å². The molecule has 5 nitrogen and oxygen atoms in total. The molecule has 0 saturated carbocycles. The molecule has 0 aliphatic carbocycles. The van der Waals surface area contributed by atoms with Gasteiger partial charge >= 0.3 is 5.97 Å². The number of ether oxygens (including phenoxy) is 1. The molecule has 2 N–H and O–H groups in total. The summed E-state index contributed by atoms with van der Waals surface area (Å²) >= 11 is 0. The zero-order valence-electron chi connectivity index (χ0n) is 12.4. The van der Waals surface area contributed by atoms with E-state index < -0.39 is 5.97 Å². The highest BCUT2D eigenvalue weighted by atomic mass is 16.5. The van der Waals surface area contributed by atoms with Gasteiger partial charge in [-0.25, -0.2) is 4.79 Å². The van der Waals surface area contributed by atoms with Crippen LogP contribution in [0.5, 0.6) is 5.75 Å². The smallest absolute Gasteiger partial charge is 0.339 e. The predicted molar refractivity (Wildman–Crippen MR) is 83.4 cm³/mol. The summed E-state index contributed by atoms with van der Waals surface area (Å²) in [4.78, 5) is 23.0. The molecule has 114 valence electrons. The quantitative estimate of drug-likeness (QED) is 0.890. The van der Waals surface area contributed by atoms with Crippen molar-refractivity contribution in [1.82, 2.24) is 0 Å². The van der Waals surface area contributed by atoms with Gasteiger partial charge in [0.25, 0.3) is 5.91 Å². The SMILES string of the molecule is Cc1cc(C)cc(NC(=O)COc2ccccc2C(=O)O)c1. The molecule has 5 heteroatoms. The lowest BCUT2D eigenvalue weighted by Gasteiger charge is -2.10. The highest BCUT2D eigenvalue weighted by Crippen LogP contribution is 2.18. The van der Waals surface area contributed by atoms with Gasteiger partial charge < -0.3 is 15.2 Å². The summed E-state index contributed by atoms with van der Waals surface area (Å²) in [6.07, 6.45) is 0. The average molecular weight is 299 g/mol. The lowest BCUT2D eigenvalue weighted by atomic mass is 10.1. The molecular formula is C17H17NO4. The van der Waals surface area contributed by atoms with E-state index in [0.29, 0.717) is 5.69 Å². The molecule has 0 heterocycles. The van der Waals surface area contributed by atoms with E-state index in [1.54, 1.807) is 12.1 Å². The molecule has 2 rings (SSSR count). The summed E-state index contributed by atoms with van der Waals surface area (Å²) in [6.45, 7) is 3.64. The van der Waals surface area contributed by atoms with E-state index in [1.165, 1.54) is 12.1 Å². The first-order valence-corrected chi connectivity index (χ1v) is 6.79. The van der Waals surface area contributed by atoms with Crippen LogP contribution < -0.4 is 10.1 Å². The molecule has 0 unspecified atom stereocenters. The highest BCUT2D eigenvalue weighted by molar-refractivity contribution is 5.93. The lowest BCUT2D eigenvalue weighted by molar-refractivity contribution is -0.118. The van der Waals surface area contributed by atoms with Crippen LogP contribution in [0, 0.1) is 13.8 Å². The van der Waals surface area contributed by atoms with E-state index in [0.717, 1.165) is 11.1 Å². The topological polar surface area (TPSA) is 75.6 Å². The summed E-state index contributed by atoms with van der Waals surface area (Å²) in [5.74, 6) is -1.26. The van der Waals surface area contributed by atoms with Crippen molar-refractivity contribution in [3.05, 3.63) is 59.2 Å². The van der Waals surface area contributed by atoms with Gasteiger partial charge in [-0.15, -0.1) is 0 Å². The minimum absolute atomic E-state index is 0.0294. The Bertz CT molecular complexity index is 689. The van der Waals surface area contributed by atoms with E-state index >= 15 is 0 Å². The maximum absolute atomic E-state index is 11.9. The standard InChI is InChI=1S/C17H17NO4/c1-11-7-12(2)9-13(8-11)18-16(19)10-22-15-6-4-3-5-14(15)17(20)21/h3-9H,10H2,1-2H3,(H,18,19)(H,20,21). The zero-order chi connectivity index (χ0) is 16.1. The lowest BCUT2D eigenvalue weighted by Crippen LogP contribution is -2.21. The molecule has 0 fully saturated rings. The van der Waals surface area contributed by atoms with Crippen LogP contribution in [0.4, 0.5) is 5.69 Å². The van der Waals surface area contributed by atoms with Crippen LogP contribution in [0.3, 0.4) is 0 Å². The van der Waals surface area contributed by atoms with Crippen LogP contribution in [0.15, 0.2) is 42.5 Å². The number of aromatic carboxylic acids is 1. The molecule has 2 aromatic rings. The maximum atomic E-state index is 11.9. The number of benzene rings is 2. The van der Waals surface area contributed by atoms with Crippen molar-refractivity contribution < 1.29 is 19.4 Å². The minimum atomic E-state index is -1.09. The molecular weight excluding hydrogens is 282 g/mol. The Labute approximate surface area is 128 Å². The van der Waals surface area contributed by atoms with Gasteiger partial charge in [0.15, 0.2) is 6.61 Å². The molecule has 1 amide bonds. The van der Waals surface area contributed by atoms with E-state index in [9.17, 15) is 9.59 Å². The Hall–Kier alpha value is -2.82. The number of carboxylic acids is 1. The number of hydrogen-bond donors (Lipinski definition) is 2. The van der Waals surface area contributed by atoms with Crippen LogP contribution in [0.25, 0.3) is 0 Å². The molecule has 2 aromatic carbocycles. The number of para-hydroxylation sites is 1. The number of hydrogen-bond acceptors (Lipinski definition) is 3. The number of carbonyl (C=O) groups excluding carboxylic acids is 1. The van der Waals surface area contributed by atoms with Crippen LogP contribution in [0.2, 0.25) is 0 Å². The predicted octanol–water partition coefficient (Wildman–Crippen LogP) is 3.02. The van der Waals surface area contributed by atoms with Gasteiger partial charge in [-0.1, -0.05) is 18.2 Å².